The van der Waals surface area contributed by atoms with E-state index in [0.29, 0.717) is 12.5 Å². The molecule has 0 aliphatic carbocycles. The van der Waals surface area contributed by atoms with E-state index in [1.165, 1.54) is 0 Å². The third kappa shape index (κ3) is 5.58. The smallest absolute Gasteiger partial charge is 0.0622 e. The summed E-state index contributed by atoms with van der Waals surface area (Å²) >= 11 is 0. The lowest BCUT2D eigenvalue weighted by atomic mass is 10.3. The molecule has 0 N–H and O–H groups in total. The van der Waals surface area contributed by atoms with Crippen molar-refractivity contribution in [2.24, 2.45) is 0 Å². The van der Waals surface area contributed by atoms with Crippen LogP contribution in [0.2, 0.25) is 0 Å². The average molecular weight is 141 g/mol. The van der Waals surface area contributed by atoms with Crippen LogP contribution in [0.15, 0.2) is 0 Å². The Kier molecular flexibility index (Phi) is 6.21. The Labute approximate surface area is 62.8 Å². The van der Waals surface area contributed by atoms with Gasteiger partial charge in [0.25, 0.3) is 0 Å². The molecule has 0 radical (unpaired) electrons. The maximum absolute atomic E-state index is 8.18. The molecule has 10 heavy (non-hydrogen) atoms. The van der Waals surface area contributed by atoms with Gasteiger partial charge in [-0.3, -0.25) is 0 Å². The molecular formula is C8H15NO. The fourth-order valence-corrected chi connectivity index (χ4v) is 0.554. The first-order valence-electron chi connectivity index (χ1n) is 3.79. The molecule has 0 bridgehead atoms. The maximum Gasteiger partial charge on any atom is 0.0622 e. The molecule has 1 atom stereocenters. The van der Waals surface area contributed by atoms with E-state index in [1.807, 2.05) is 6.92 Å². The lowest BCUT2D eigenvalue weighted by Crippen LogP contribution is -2.06. The van der Waals surface area contributed by atoms with Crippen molar-refractivity contribution < 1.29 is 4.74 Å². The quantitative estimate of drug-likeness (QED) is 0.549. The van der Waals surface area contributed by atoms with Gasteiger partial charge in [-0.15, -0.1) is 0 Å². The molecule has 0 fully saturated rings. The fourth-order valence-electron chi connectivity index (χ4n) is 0.554. The van der Waals surface area contributed by atoms with Gasteiger partial charge in [-0.05, 0) is 19.8 Å². The molecule has 58 valence electrons. The molecule has 0 saturated carbocycles. The fraction of sp³-hybridized carbons (Fsp3) is 0.875. The Morgan fingerprint density at radius 3 is 2.80 bits per heavy atom. The molecule has 1 unspecified atom stereocenters. The molecular weight excluding hydrogens is 126 g/mol. The minimum atomic E-state index is 0.346. The maximum atomic E-state index is 8.18. The van der Waals surface area contributed by atoms with Crippen LogP contribution in [0.5, 0.6) is 0 Å². The first kappa shape index (κ1) is 9.45. The van der Waals surface area contributed by atoms with Gasteiger partial charge in [0.15, 0.2) is 0 Å². The van der Waals surface area contributed by atoms with E-state index in [-0.39, 0.29) is 0 Å². The average Bonchev–Trinajstić information content (AvgIpc) is 1.98. The second-order valence-electron chi connectivity index (χ2n) is 2.35. The second kappa shape index (κ2) is 6.57. The van der Waals surface area contributed by atoms with Gasteiger partial charge in [0.2, 0.25) is 0 Å². The predicted octanol–water partition coefficient (Wildman–Crippen LogP) is 2.11. The first-order chi connectivity index (χ1) is 4.81. The summed E-state index contributed by atoms with van der Waals surface area (Å²) in [7, 11) is 0. The molecule has 0 aromatic carbocycles. The highest BCUT2D eigenvalue weighted by molar-refractivity contribution is 4.67. The Balaban J connectivity index is 2.98. The van der Waals surface area contributed by atoms with Crippen molar-refractivity contribution in [1.82, 2.24) is 0 Å². The van der Waals surface area contributed by atoms with Gasteiger partial charge in [0.05, 0.1) is 12.2 Å². The number of nitrogens with zero attached hydrogens (tertiary/aromatic N) is 1. The minimum Gasteiger partial charge on any atom is -0.378 e. The highest BCUT2D eigenvalue weighted by Gasteiger charge is 1.95. The van der Waals surface area contributed by atoms with Gasteiger partial charge in [0.1, 0.15) is 0 Å². The standard InChI is InChI=1S/C8H15NO/c1-3-8(2)10-7-5-4-6-9/h8H,3-5,7H2,1-2H3. The van der Waals surface area contributed by atoms with E-state index in [9.17, 15) is 0 Å². The Bertz CT molecular complexity index is 106. The molecule has 2 heteroatoms. The molecule has 0 rings (SSSR count). The Morgan fingerprint density at radius 2 is 2.30 bits per heavy atom. The van der Waals surface area contributed by atoms with E-state index in [2.05, 4.69) is 13.0 Å². The minimum absolute atomic E-state index is 0.346. The number of hydrogen-bond donors (Lipinski definition) is 0. The summed E-state index contributed by atoms with van der Waals surface area (Å²) in [5, 5.41) is 8.18. The lowest BCUT2D eigenvalue weighted by Gasteiger charge is -2.08. The van der Waals surface area contributed by atoms with Crippen LogP contribution in [-0.4, -0.2) is 12.7 Å². The first-order valence-corrected chi connectivity index (χ1v) is 3.79. The summed E-state index contributed by atoms with van der Waals surface area (Å²) in [4.78, 5) is 0. The van der Waals surface area contributed by atoms with E-state index >= 15 is 0 Å². The zero-order valence-corrected chi connectivity index (χ0v) is 6.76. The predicted molar refractivity (Wildman–Crippen MR) is 40.6 cm³/mol. The summed E-state index contributed by atoms with van der Waals surface area (Å²) in [6, 6.07) is 2.08. The largest absolute Gasteiger partial charge is 0.378 e. The van der Waals surface area contributed by atoms with Crippen molar-refractivity contribution in [2.45, 2.75) is 39.2 Å². The zero-order chi connectivity index (χ0) is 7.82. The number of hydrogen-bond acceptors (Lipinski definition) is 2. The number of nitriles is 1. The van der Waals surface area contributed by atoms with Crippen molar-refractivity contribution in [3.63, 3.8) is 0 Å². The van der Waals surface area contributed by atoms with Crippen LogP contribution in [0.25, 0.3) is 0 Å². The van der Waals surface area contributed by atoms with Gasteiger partial charge >= 0.3 is 0 Å². The van der Waals surface area contributed by atoms with Gasteiger partial charge in [-0.25, -0.2) is 0 Å². The van der Waals surface area contributed by atoms with Crippen molar-refractivity contribution in [1.29, 1.82) is 5.26 Å². The Hall–Kier alpha value is -0.550. The number of rotatable bonds is 5. The summed E-state index contributed by atoms with van der Waals surface area (Å²) in [5.74, 6) is 0. The zero-order valence-electron chi connectivity index (χ0n) is 6.76. The van der Waals surface area contributed by atoms with Crippen LogP contribution in [0.4, 0.5) is 0 Å². The highest BCUT2D eigenvalue weighted by Crippen LogP contribution is 1.97. The van der Waals surface area contributed by atoms with Crippen LogP contribution in [0.3, 0.4) is 0 Å². The van der Waals surface area contributed by atoms with Gasteiger partial charge in [-0.1, -0.05) is 6.92 Å². The van der Waals surface area contributed by atoms with Crippen LogP contribution < -0.4 is 0 Å². The van der Waals surface area contributed by atoms with Gasteiger partial charge in [-0.2, -0.15) is 5.26 Å². The van der Waals surface area contributed by atoms with E-state index in [1.54, 1.807) is 0 Å². The molecule has 2 nitrogen and oxygen atoms in total. The lowest BCUT2D eigenvalue weighted by molar-refractivity contribution is 0.0626. The third-order valence-electron chi connectivity index (χ3n) is 1.41. The topological polar surface area (TPSA) is 33.0 Å². The summed E-state index contributed by atoms with van der Waals surface area (Å²) in [6.45, 7) is 4.86. The van der Waals surface area contributed by atoms with Crippen LogP contribution in [-0.2, 0) is 4.74 Å². The molecule has 0 heterocycles. The van der Waals surface area contributed by atoms with Gasteiger partial charge < -0.3 is 4.74 Å². The molecule has 0 aliphatic heterocycles. The van der Waals surface area contributed by atoms with Crippen molar-refractivity contribution in [3.05, 3.63) is 0 Å². The molecule has 0 saturated heterocycles. The molecule has 0 spiro atoms. The third-order valence-corrected chi connectivity index (χ3v) is 1.41. The highest BCUT2D eigenvalue weighted by atomic mass is 16.5. The van der Waals surface area contributed by atoms with Crippen LogP contribution in [0, 0.1) is 11.3 Å². The SMILES string of the molecule is CCC(C)OCCCC#N. The number of ether oxygens (including phenoxy) is 1. The van der Waals surface area contributed by atoms with E-state index in [0.717, 1.165) is 19.4 Å². The van der Waals surface area contributed by atoms with Crippen LogP contribution in [0.1, 0.15) is 33.1 Å². The molecule has 0 aromatic rings. The summed E-state index contributed by atoms with van der Waals surface area (Å²) in [5.41, 5.74) is 0. The normalized spacial score (nSPS) is 12.5. The van der Waals surface area contributed by atoms with Crippen molar-refractivity contribution >= 4 is 0 Å². The molecule has 0 aromatic heterocycles. The van der Waals surface area contributed by atoms with E-state index < -0.39 is 0 Å². The summed E-state index contributed by atoms with van der Waals surface area (Å²) < 4.78 is 5.34. The van der Waals surface area contributed by atoms with Crippen LogP contribution >= 0.6 is 0 Å². The second-order valence-corrected chi connectivity index (χ2v) is 2.35. The Morgan fingerprint density at radius 1 is 1.60 bits per heavy atom. The number of unbranched alkanes of at least 4 members (excludes halogenated alkanes) is 1. The van der Waals surface area contributed by atoms with Crippen molar-refractivity contribution in [3.8, 4) is 6.07 Å². The molecule has 0 aliphatic rings. The monoisotopic (exact) mass is 141 g/mol. The van der Waals surface area contributed by atoms with Gasteiger partial charge in [0, 0.05) is 13.0 Å². The van der Waals surface area contributed by atoms with E-state index in [4.69, 9.17) is 10.00 Å². The molecule has 0 amide bonds. The summed E-state index contributed by atoms with van der Waals surface area (Å²) in [6.07, 6.45) is 2.86. The van der Waals surface area contributed by atoms with Crippen molar-refractivity contribution in [2.75, 3.05) is 6.61 Å².